The summed E-state index contributed by atoms with van der Waals surface area (Å²) in [6, 6.07) is 11.0. The van der Waals surface area contributed by atoms with Gasteiger partial charge in [-0.1, -0.05) is 0 Å². The third-order valence-corrected chi connectivity index (χ3v) is 7.03. The second kappa shape index (κ2) is 10.1. The Morgan fingerprint density at radius 3 is 2.41 bits per heavy atom. The molecule has 1 saturated heterocycles. The van der Waals surface area contributed by atoms with Crippen LogP contribution in [-0.2, 0) is 10.0 Å². The molecule has 0 saturated carbocycles. The minimum Gasteiger partial charge on any atom is -0.406 e. The van der Waals surface area contributed by atoms with Crippen molar-refractivity contribution in [1.82, 2.24) is 19.2 Å². The van der Waals surface area contributed by atoms with Crippen molar-refractivity contribution in [1.29, 1.82) is 0 Å². The van der Waals surface area contributed by atoms with E-state index in [1.807, 2.05) is 6.07 Å². The number of hydrogen-bond donors (Lipinski definition) is 0. The summed E-state index contributed by atoms with van der Waals surface area (Å²) in [7, 11) is -3.96. The van der Waals surface area contributed by atoms with E-state index in [9.17, 15) is 26.4 Å². The second-order valence-corrected chi connectivity index (χ2v) is 9.25. The monoisotopic (exact) mass is 516 g/mol. The highest BCUT2D eigenvalue weighted by Crippen LogP contribution is 2.25. The lowest BCUT2D eigenvalue weighted by Crippen LogP contribution is -2.37. The Kier molecular flexibility index (Phi) is 7.64. The van der Waals surface area contributed by atoms with Crippen molar-refractivity contribution in [3.05, 3.63) is 60.4 Å². The summed E-state index contributed by atoms with van der Waals surface area (Å²) < 4.78 is 67.9. The van der Waals surface area contributed by atoms with Crippen LogP contribution in [0.1, 0.15) is 16.9 Å². The minimum atomic E-state index is -4.86. The molecule has 1 aliphatic heterocycles. The maximum absolute atomic E-state index is 13.0. The zero-order chi connectivity index (χ0) is 23.6. The average molecular weight is 517 g/mol. The number of pyridine rings is 2. The van der Waals surface area contributed by atoms with E-state index in [1.165, 1.54) is 9.21 Å². The van der Waals surface area contributed by atoms with Gasteiger partial charge in [-0.15, -0.1) is 25.6 Å². The molecule has 0 bridgehead atoms. The molecule has 13 heteroatoms. The van der Waals surface area contributed by atoms with Gasteiger partial charge in [0.1, 0.15) is 11.4 Å². The largest absolute Gasteiger partial charge is 0.573 e. The zero-order valence-electron chi connectivity index (χ0n) is 17.6. The number of aromatic nitrogens is 2. The topological polar surface area (TPSA) is 92.7 Å². The number of alkyl halides is 3. The number of benzene rings is 1. The van der Waals surface area contributed by atoms with E-state index in [0.29, 0.717) is 18.6 Å². The van der Waals surface area contributed by atoms with E-state index in [0.717, 1.165) is 29.7 Å². The van der Waals surface area contributed by atoms with Crippen LogP contribution in [0, 0.1) is 0 Å². The van der Waals surface area contributed by atoms with Gasteiger partial charge in [0, 0.05) is 37.8 Å². The standard InChI is InChI=1S/C21H19F3N4O4S.ClH/c22-21(23,24)32-16-5-7-17(8-6-16)33(30,31)28-12-2-11-27(13-14-28)20(29)18-9-4-15-3-1-10-25-19(15)26-18;/h1,3-10H,2,11-14H2;1H. The predicted octanol–water partition coefficient (Wildman–Crippen LogP) is 3.49. The summed E-state index contributed by atoms with van der Waals surface area (Å²) in [5, 5.41) is 0.800. The van der Waals surface area contributed by atoms with Crippen LogP contribution in [0.3, 0.4) is 0 Å². The van der Waals surface area contributed by atoms with Crippen molar-refractivity contribution in [3.8, 4) is 5.75 Å². The fourth-order valence-electron chi connectivity index (χ4n) is 3.53. The van der Waals surface area contributed by atoms with Crippen molar-refractivity contribution in [2.24, 2.45) is 0 Å². The molecule has 182 valence electrons. The first-order chi connectivity index (χ1) is 15.6. The molecule has 1 fully saturated rings. The Labute approximate surface area is 199 Å². The number of nitrogens with zero attached hydrogens (tertiary/aromatic N) is 4. The smallest absolute Gasteiger partial charge is 0.406 e. The summed E-state index contributed by atoms with van der Waals surface area (Å²) in [6.45, 7) is 0.695. The van der Waals surface area contributed by atoms with Gasteiger partial charge in [0.25, 0.3) is 5.91 Å². The molecule has 1 amide bonds. The summed E-state index contributed by atoms with van der Waals surface area (Å²) in [4.78, 5) is 22.8. The van der Waals surface area contributed by atoms with Crippen molar-refractivity contribution in [3.63, 3.8) is 0 Å². The van der Waals surface area contributed by atoms with Gasteiger partial charge in [0.2, 0.25) is 10.0 Å². The highest BCUT2D eigenvalue weighted by Gasteiger charge is 2.32. The molecule has 8 nitrogen and oxygen atoms in total. The Morgan fingerprint density at radius 1 is 0.971 bits per heavy atom. The van der Waals surface area contributed by atoms with E-state index in [2.05, 4.69) is 14.7 Å². The van der Waals surface area contributed by atoms with Gasteiger partial charge in [0.05, 0.1) is 4.90 Å². The normalized spacial score (nSPS) is 15.4. The van der Waals surface area contributed by atoms with Crippen LogP contribution in [0.4, 0.5) is 13.2 Å². The van der Waals surface area contributed by atoms with Crippen LogP contribution in [0.5, 0.6) is 5.75 Å². The number of halogens is 4. The van der Waals surface area contributed by atoms with E-state index in [-0.39, 0.29) is 48.5 Å². The van der Waals surface area contributed by atoms with Crippen molar-refractivity contribution in [2.45, 2.75) is 17.7 Å². The number of sulfonamides is 1. The third-order valence-electron chi connectivity index (χ3n) is 5.12. The fourth-order valence-corrected chi connectivity index (χ4v) is 5.00. The van der Waals surface area contributed by atoms with Gasteiger partial charge in [0.15, 0.2) is 5.65 Å². The molecule has 1 aromatic carbocycles. The Bertz CT molecular complexity index is 1270. The molecule has 3 heterocycles. The van der Waals surface area contributed by atoms with Crippen molar-refractivity contribution < 1.29 is 31.1 Å². The fraction of sp³-hybridized carbons (Fsp3) is 0.286. The van der Waals surface area contributed by atoms with Crippen molar-refractivity contribution >= 4 is 39.4 Å². The molecule has 0 atom stereocenters. The lowest BCUT2D eigenvalue weighted by atomic mass is 10.2. The number of rotatable bonds is 4. The van der Waals surface area contributed by atoms with Gasteiger partial charge in [-0.3, -0.25) is 4.79 Å². The number of hydrogen-bond acceptors (Lipinski definition) is 6. The van der Waals surface area contributed by atoms with Crippen LogP contribution in [0.25, 0.3) is 11.0 Å². The van der Waals surface area contributed by atoms with E-state index >= 15 is 0 Å². The highest BCUT2D eigenvalue weighted by molar-refractivity contribution is 7.89. The summed E-state index contributed by atoms with van der Waals surface area (Å²) >= 11 is 0. The summed E-state index contributed by atoms with van der Waals surface area (Å²) in [5.74, 6) is -0.832. The molecular formula is C21H20ClF3N4O4S. The van der Waals surface area contributed by atoms with Crippen LogP contribution in [0.2, 0.25) is 0 Å². The minimum absolute atomic E-state index is 0. The van der Waals surface area contributed by atoms with E-state index in [1.54, 1.807) is 24.4 Å². The molecule has 0 unspecified atom stereocenters. The maximum Gasteiger partial charge on any atom is 0.573 e. The van der Waals surface area contributed by atoms with Crippen LogP contribution >= 0.6 is 12.4 Å². The average Bonchev–Trinajstić information content (AvgIpc) is 3.04. The number of amides is 1. The molecule has 1 aliphatic rings. The SMILES string of the molecule is Cl.O=C(c1ccc2cccnc2n1)N1CCCN(S(=O)(=O)c2ccc(OC(F)(F)F)cc2)CC1. The Balaban J connectivity index is 0.00000324. The number of carbonyl (C=O) groups excluding carboxylic acids is 1. The van der Waals surface area contributed by atoms with Gasteiger partial charge in [-0.2, -0.15) is 4.31 Å². The van der Waals surface area contributed by atoms with E-state index < -0.39 is 22.1 Å². The molecule has 0 N–H and O–H groups in total. The first-order valence-electron chi connectivity index (χ1n) is 10.0. The first-order valence-corrected chi connectivity index (χ1v) is 11.4. The van der Waals surface area contributed by atoms with Gasteiger partial charge in [-0.05, 0) is 55.0 Å². The molecule has 4 rings (SSSR count). The first kappa shape index (κ1) is 25.7. The highest BCUT2D eigenvalue weighted by atomic mass is 35.5. The molecule has 0 spiro atoms. The quantitative estimate of drug-likeness (QED) is 0.527. The molecule has 0 radical (unpaired) electrons. The van der Waals surface area contributed by atoms with E-state index in [4.69, 9.17) is 0 Å². The van der Waals surface area contributed by atoms with Gasteiger partial charge >= 0.3 is 6.36 Å². The molecule has 0 aliphatic carbocycles. The van der Waals surface area contributed by atoms with Crippen molar-refractivity contribution in [2.75, 3.05) is 26.2 Å². The maximum atomic E-state index is 13.0. The predicted molar refractivity (Wildman–Crippen MR) is 119 cm³/mol. The van der Waals surface area contributed by atoms with Crippen LogP contribution < -0.4 is 4.74 Å². The Morgan fingerprint density at radius 2 is 1.71 bits per heavy atom. The van der Waals surface area contributed by atoms with Crippen LogP contribution in [-0.4, -0.2) is 66.0 Å². The molecule has 2 aromatic heterocycles. The number of ether oxygens (including phenoxy) is 1. The van der Waals surface area contributed by atoms with Crippen LogP contribution in [0.15, 0.2) is 59.6 Å². The number of carbonyl (C=O) groups is 1. The third kappa shape index (κ3) is 5.75. The Hall–Kier alpha value is -2.96. The molecular weight excluding hydrogens is 497 g/mol. The lowest BCUT2D eigenvalue weighted by molar-refractivity contribution is -0.274. The zero-order valence-corrected chi connectivity index (χ0v) is 19.2. The number of fused-ring (bicyclic) bond motifs is 1. The summed E-state index contributed by atoms with van der Waals surface area (Å²) in [5.41, 5.74) is 0.665. The lowest BCUT2D eigenvalue weighted by Gasteiger charge is -2.22. The van der Waals surface area contributed by atoms with Gasteiger partial charge in [-0.25, -0.2) is 18.4 Å². The second-order valence-electron chi connectivity index (χ2n) is 7.32. The summed E-state index contributed by atoms with van der Waals surface area (Å²) in [6.07, 6.45) is -2.89. The molecule has 34 heavy (non-hydrogen) atoms. The van der Waals surface area contributed by atoms with Gasteiger partial charge < -0.3 is 9.64 Å². The molecule has 3 aromatic rings.